The Balaban J connectivity index is 1.88. The van der Waals surface area contributed by atoms with Crippen LogP contribution in [0.25, 0.3) is 6.08 Å². The van der Waals surface area contributed by atoms with Crippen LogP contribution < -0.4 is 15.4 Å². The molecule has 1 atom stereocenters. The zero-order valence-corrected chi connectivity index (χ0v) is 18.9. The number of hydrogen-bond donors (Lipinski definition) is 4. The largest absolute Gasteiger partial charge is 0.493 e. The van der Waals surface area contributed by atoms with Crippen molar-refractivity contribution in [1.82, 2.24) is 10.6 Å². The van der Waals surface area contributed by atoms with Crippen molar-refractivity contribution in [2.45, 2.75) is 18.8 Å². The van der Waals surface area contributed by atoms with E-state index in [0.717, 1.165) is 5.56 Å². The second kappa shape index (κ2) is 14.5. The fourth-order valence-electron chi connectivity index (χ4n) is 3.01. The summed E-state index contributed by atoms with van der Waals surface area (Å²) in [5, 5.41) is 33.7. The molecule has 2 amide bonds. The van der Waals surface area contributed by atoms with Gasteiger partial charge in [-0.05, 0) is 35.8 Å². The first-order valence-electron chi connectivity index (χ1n) is 10.7. The Hall–Kier alpha value is -3.65. The van der Waals surface area contributed by atoms with Crippen molar-refractivity contribution >= 4 is 25.0 Å². The molecule has 10 heteroatoms. The summed E-state index contributed by atoms with van der Waals surface area (Å²) >= 11 is 0. The maximum Gasteiger partial charge on any atom is 0.475 e. The second-order valence-corrected chi connectivity index (χ2v) is 7.37. The Morgan fingerprint density at radius 3 is 2.59 bits per heavy atom. The van der Waals surface area contributed by atoms with Crippen LogP contribution in [0.2, 0.25) is 0 Å². The number of carbonyl (C=O) groups is 2. The summed E-state index contributed by atoms with van der Waals surface area (Å²) in [5.74, 6) is -1.27. The Morgan fingerprint density at radius 2 is 1.91 bits per heavy atom. The highest BCUT2D eigenvalue weighted by atomic mass is 16.5. The van der Waals surface area contributed by atoms with Crippen LogP contribution in [-0.2, 0) is 20.7 Å². The molecule has 4 N–H and O–H groups in total. The molecule has 2 aromatic carbocycles. The van der Waals surface area contributed by atoms with Crippen LogP contribution in [0, 0.1) is 11.3 Å². The zero-order chi connectivity index (χ0) is 24.8. The van der Waals surface area contributed by atoms with E-state index in [1.54, 1.807) is 24.3 Å². The van der Waals surface area contributed by atoms with E-state index in [1.807, 2.05) is 36.4 Å². The third-order valence-electron chi connectivity index (χ3n) is 4.73. The number of methoxy groups -OCH3 is 1. The number of ether oxygens (including phenoxy) is 2. The van der Waals surface area contributed by atoms with Crippen molar-refractivity contribution in [2.24, 2.45) is 0 Å². The molecule has 0 bridgehead atoms. The van der Waals surface area contributed by atoms with Gasteiger partial charge in [-0.25, -0.2) is 0 Å². The number of nitrogens with one attached hydrogen (secondary N) is 2. The van der Waals surface area contributed by atoms with Crippen LogP contribution >= 0.6 is 0 Å². The summed E-state index contributed by atoms with van der Waals surface area (Å²) in [6, 6.07) is 17.8. The molecule has 0 aliphatic carbocycles. The molecule has 0 aliphatic rings. The van der Waals surface area contributed by atoms with Gasteiger partial charge in [0.1, 0.15) is 17.4 Å². The van der Waals surface area contributed by atoms with Crippen LogP contribution in [0.3, 0.4) is 0 Å². The van der Waals surface area contributed by atoms with Gasteiger partial charge in [0.2, 0.25) is 5.91 Å². The highest BCUT2D eigenvalue weighted by Crippen LogP contribution is 2.16. The van der Waals surface area contributed by atoms with Crippen molar-refractivity contribution in [3.8, 4) is 11.8 Å². The number of rotatable bonds is 13. The van der Waals surface area contributed by atoms with Crippen LogP contribution in [-0.4, -0.2) is 61.8 Å². The molecule has 34 heavy (non-hydrogen) atoms. The topological polar surface area (TPSA) is 141 Å². The first-order valence-corrected chi connectivity index (χ1v) is 10.7. The molecule has 2 rings (SSSR count). The molecule has 0 fully saturated rings. The maximum absolute atomic E-state index is 12.3. The molecule has 0 heterocycles. The lowest BCUT2D eigenvalue weighted by molar-refractivity contribution is -0.122. The molecular formula is C24H28BN3O6. The van der Waals surface area contributed by atoms with Crippen molar-refractivity contribution in [3.63, 3.8) is 0 Å². The minimum Gasteiger partial charge on any atom is -0.493 e. The average molecular weight is 465 g/mol. The number of hydrogen-bond acceptors (Lipinski definition) is 7. The Labute approximate surface area is 199 Å². The van der Waals surface area contributed by atoms with E-state index >= 15 is 0 Å². The molecule has 0 aliphatic heterocycles. The van der Waals surface area contributed by atoms with Crippen LogP contribution in [0.5, 0.6) is 5.75 Å². The maximum atomic E-state index is 12.3. The third-order valence-corrected chi connectivity index (χ3v) is 4.73. The molecule has 0 unspecified atom stereocenters. The monoisotopic (exact) mass is 465 g/mol. The van der Waals surface area contributed by atoms with E-state index in [1.165, 1.54) is 13.2 Å². The van der Waals surface area contributed by atoms with Gasteiger partial charge in [-0.3, -0.25) is 9.59 Å². The minimum atomic E-state index is -1.70. The van der Waals surface area contributed by atoms with E-state index in [9.17, 15) is 24.9 Å². The fourth-order valence-corrected chi connectivity index (χ4v) is 3.01. The zero-order valence-electron chi connectivity index (χ0n) is 18.9. The van der Waals surface area contributed by atoms with Crippen LogP contribution in [0.15, 0.2) is 60.2 Å². The summed E-state index contributed by atoms with van der Waals surface area (Å²) in [5.41, 5.74) is 1.40. The second-order valence-electron chi connectivity index (χ2n) is 7.37. The molecule has 178 valence electrons. The predicted octanol–water partition coefficient (Wildman–Crippen LogP) is 0.865. The lowest BCUT2D eigenvalue weighted by atomic mass is 9.76. The van der Waals surface area contributed by atoms with E-state index in [2.05, 4.69) is 10.6 Å². The van der Waals surface area contributed by atoms with E-state index in [0.29, 0.717) is 24.5 Å². The first-order chi connectivity index (χ1) is 16.4. The number of carbonyl (C=O) groups excluding carboxylic acids is 2. The first kappa shape index (κ1) is 26.6. The molecule has 0 spiro atoms. The van der Waals surface area contributed by atoms with Gasteiger partial charge in [0.25, 0.3) is 5.91 Å². The standard InChI is InChI=1S/C24H28BN3O6/c1-33-13-11-27-24(30)20(17-26)14-19-8-5-9-21(15-19)34-12-10-23(29)28-22(25(31)32)16-18-6-3-2-4-7-18/h2-9,14-15,22,31-32H,10-13,16H2,1H3,(H,27,30)(H,28,29)/t22-/m0/s1. The molecule has 9 nitrogen and oxygen atoms in total. The average Bonchev–Trinajstić information content (AvgIpc) is 2.83. The fraction of sp³-hybridized carbons (Fsp3) is 0.292. The van der Waals surface area contributed by atoms with Crippen LogP contribution in [0.4, 0.5) is 0 Å². The number of nitrogens with zero attached hydrogens (tertiary/aromatic N) is 1. The van der Waals surface area contributed by atoms with Gasteiger partial charge in [0.05, 0.1) is 25.6 Å². The summed E-state index contributed by atoms with van der Waals surface area (Å²) in [7, 11) is -0.184. The normalized spacial score (nSPS) is 11.8. The molecule has 2 aromatic rings. The molecule has 0 aromatic heterocycles. The Bertz CT molecular complexity index is 1010. The highest BCUT2D eigenvalue weighted by Gasteiger charge is 2.25. The van der Waals surface area contributed by atoms with Crippen molar-refractivity contribution in [2.75, 3.05) is 26.9 Å². The Morgan fingerprint density at radius 1 is 1.15 bits per heavy atom. The number of benzene rings is 2. The van der Waals surface area contributed by atoms with E-state index < -0.39 is 19.0 Å². The Kier molecular flexibility index (Phi) is 11.3. The van der Waals surface area contributed by atoms with Crippen molar-refractivity contribution in [1.29, 1.82) is 5.26 Å². The quantitative estimate of drug-likeness (QED) is 0.149. The summed E-state index contributed by atoms with van der Waals surface area (Å²) in [6.45, 7) is 0.686. The van der Waals surface area contributed by atoms with Gasteiger partial charge in [-0.1, -0.05) is 42.5 Å². The predicted molar refractivity (Wildman–Crippen MR) is 127 cm³/mol. The summed E-state index contributed by atoms with van der Waals surface area (Å²) < 4.78 is 10.5. The van der Waals surface area contributed by atoms with Gasteiger partial charge in [-0.15, -0.1) is 0 Å². The molecule has 0 saturated carbocycles. The smallest absolute Gasteiger partial charge is 0.475 e. The molecule has 0 radical (unpaired) electrons. The summed E-state index contributed by atoms with van der Waals surface area (Å²) in [6.07, 6.45) is 1.72. The third kappa shape index (κ3) is 9.46. The lowest BCUT2D eigenvalue weighted by Gasteiger charge is -2.18. The highest BCUT2D eigenvalue weighted by molar-refractivity contribution is 6.43. The van der Waals surface area contributed by atoms with E-state index in [-0.39, 0.29) is 30.9 Å². The van der Waals surface area contributed by atoms with Gasteiger partial charge >= 0.3 is 7.12 Å². The SMILES string of the molecule is COCCNC(=O)C(C#N)=Cc1cccc(OCCC(=O)N[C@@H](Cc2ccccc2)B(O)O)c1. The van der Waals surface area contributed by atoms with E-state index in [4.69, 9.17) is 9.47 Å². The minimum absolute atomic E-state index is 0.00340. The summed E-state index contributed by atoms with van der Waals surface area (Å²) in [4.78, 5) is 24.3. The van der Waals surface area contributed by atoms with Crippen LogP contribution in [0.1, 0.15) is 17.5 Å². The van der Waals surface area contributed by atoms with Gasteiger partial charge < -0.3 is 30.2 Å². The lowest BCUT2D eigenvalue weighted by Crippen LogP contribution is -2.48. The number of amides is 2. The van der Waals surface area contributed by atoms with Crippen molar-refractivity contribution in [3.05, 3.63) is 71.3 Å². The van der Waals surface area contributed by atoms with Gasteiger partial charge in [-0.2, -0.15) is 5.26 Å². The molecule has 0 saturated heterocycles. The van der Waals surface area contributed by atoms with Crippen molar-refractivity contribution < 1.29 is 29.1 Å². The van der Waals surface area contributed by atoms with Gasteiger partial charge in [0, 0.05) is 13.7 Å². The van der Waals surface area contributed by atoms with Gasteiger partial charge in [0.15, 0.2) is 0 Å². The number of nitriles is 1. The molecular weight excluding hydrogens is 437 g/mol.